The van der Waals surface area contributed by atoms with Gasteiger partial charge in [-0.2, -0.15) is 0 Å². The van der Waals surface area contributed by atoms with Crippen molar-refractivity contribution in [3.05, 3.63) is 16.5 Å². The molecule has 90 valence electrons. The molecule has 0 aromatic carbocycles. The number of halogens is 1. The number of carbonyl (C=O) groups is 1. The summed E-state index contributed by atoms with van der Waals surface area (Å²) in [6, 6.07) is 3.63. The first-order valence-electron chi connectivity index (χ1n) is 4.86. The lowest BCUT2D eigenvalue weighted by Crippen LogP contribution is -2.20. The lowest BCUT2D eigenvalue weighted by atomic mass is 10.2. The van der Waals surface area contributed by atoms with Gasteiger partial charge in [-0.05, 0) is 18.6 Å². The summed E-state index contributed by atoms with van der Waals surface area (Å²) < 4.78 is 5.18. The normalized spacial score (nSPS) is 12.2. The number of hydrogen-bond acceptors (Lipinski definition) is 5. The zero-order chi connectivity index (χ0) is 12.0. The zero-order valence-electron chi connectivity index (χ0n) is 8.90. The second-order valence-electron chi connectivity index (χ2n) is 3.25. The molecular formula is C10H14ClNO3S. The van der Waals surface area contributed by atoms with Crippen LogP contribution in [-0.2, 0) is 9.53 Å². The summed E-state index contributed by atoms with van der Waals surface area (Å²) in [4.78, 5) is 10.8. The topological polar surface area (TPSA) is 58.6 Å². The van der Waals surface area contributed by atoms with Crippen LogP contribution >= 0.6 is 22.9 Å². The van der Waals surface area contributed by atoms with Crippen LogP contribution in [0.1, 0.15) is 12.8 Å². The fraction of sp³-hybridized carbons (Fsp3) is 0.500. The summed E-state index contributed by atoms with van der Waals surface area (Å²) >= 11 is 7.16. The summed E-state index contributed by atoms with van der Waals surface area (Å²) in [7, 11) is 1.33. The number of aliphatic hydroxyl groups excluding tert-OH is 1. The van der Waals surface area contributed by atoms with Crippen molar-refractivity contribution < 1.29 is 14.6 Å². The summed E-state index contributed by atoms with van der Waals surface area (Å²) in [5.74, 6) is -0.307. The van der Waals surface area contributed by atoms with E-state index in [0.717, 1.165) is 5.00 Å². The molecule has 0 aliphatic heterocycles. The van der Waals surface area contributed by atoms with Gasteiger partial charge in [0, 0.05) is 13.0 Å². The molecule has 4 nitrogen and oxygen atoms in total. The largest absolute Gasteiger partial charge is 0.469 e. The lowest BCUT2D eigenvalue weighted by molar-refractivity contribution is -0.141. The van der Waals surface area contributed by atoms with E-state index in [1.165, 1.54) is 18.4 Å². The maximum absolute atomic E-state index is 10.8. The van der Waals surface area contributed by atoms with E-state index in [-0.39, 0.29) is 12.4 Å². The minimum Gasteiger partial charge on any atom is -0.469 e. The first-order valence-corrected chi connectivity index (χ1v) is 6.05. The third-order valence-corrected chi connectivity index (χ3v) is 3.18. The molecule has 0 spiro atoms. The van der Waals surface area contributed by atoms with Gasteiger partial charge >= 0.3 is 5.97 Å². The van der Waals surface area contributed by atoms with Crippen LogP contribution in [0.3, 0.4) is 0 Å². The number of methoxy groups -OCH3 is 1. The number of esters is 1. The Bertz CT molecular complexity index is 343. The van der Waals surface area contributed by atoms with Crippen LogP contribution in [-0.4, -0.2) is 30.8 Å². The van der Waals surface area contributed by atoms with Crippen LogP contribution in [0.15, 0.2) is 12.1 Å². The summed E-state index contributed by atoms with van der Waals surface area (Å²) in [5.41, 5.74) is 0. The second kappa shape index (κ2) is 6.73. The van der Waals surface area contributed by atoms with Crippen LogP contribution < -0.4 is 5.32 Å². The maximum Gasteiger partial charge on any atom is 0.305 e. The summed E-state index contributed by atoms with van der Waals surface area (Å²) in [5, 5.41) is 13.5. The van der Waals surface area contributed by atoms with Crippen LogP contribution in [0, 0.1) is 0 Å². The SMILES string of the molecule is COC(=O)CCC(O)CNc1ccc(Cl)s1. The molecular weight excluding hydrogens is 250 g/mol. The molecule has 0 radical (unpaired) electrons. The Morgan fingerprint density at radius 3 is 3.00 bits per heavy atom. The Morgan fingerprint density at radius 2 is 2.44 bits per heavy atom. The first-order chi connectivity index (χ1) is 7.61. The van der Waals surface area contributed by atoms with Gasteiger partial charge in [-0.3, -0.25) is 4.79 Å². The Hall–Kier alpha value is -0.780. The third-order valence-electron chi connectivity index (χ3n) is 1.99. The highest BCUT2D eigenvalue weighted by molar-refractivity contribution is 7.19. The van der Waals surface area contributed by atoms with Gasteiger partial charge < -0.3 is 15.2 Å². The fourth-order valence-electron chi connectivity index (χ4n) is 1.12. The molecule has 0 aliphatic rings. The number of ether oxygens (including phenoxy) is 1. The average molecular weight is 264 g/mol. The van der Waals surface area contributed by atoms with Crippen LogP contribution in [0.4, 0.5) is 5.00 Å². The van der Waals surface area contributed by atoms with Gasteiger partial charge in [0.25, 0.3) is 0 Å². The van der Waals surface area contributed by atoms with E-state index in [1.54, 1.807) is 6.07 Å². The van der Waals surface area contributed by atoms with Crippen molar-refractivity contribution >= 4 is 33.9 Å². The molecule has 1 aromatic heterocycles. The highest BCUT2D eigenvalue weighted by Crippen LogP contribution is 2.25. The Kier molecular flexibility index (Phi) is 5.59. The van der Waals surface area contributed by atoms with Crippen molar-refractivity contribution in [2.75, 3.05) is 19.0 Å². The second-order valence-corrected chi connectivity index (χ2v) is 4.97. The van der Waals surface area contributed by atoms with E-state index in [0.29, 0.717) is 17.3 Å². The van der Waals surface area contributed by atoms with E-state index < -0.39 is 6.10 Å². The van der Waals surface area contributed by atoms with Gasteiger partial charge in [0.1, 0.15) is 0 Å². The highest BCUT2D eigenvalue weighted by atomic mass is 35.5. The molecule has 16 heavy (non-hydrogen) atoms. The number of hydrogen-bond donors (Lipinski definition) is 2. The molecule has 1 unspecified atom stereocenters. The molecule has 1 atom stereocenters. The number of nitrogens with one attached hydrogen (secondary N) is 1. The van der Waals surface area contributed by atoms with Gasteiger partial charge in [-0.1, -0.05) is 11.6 Å². The predicted octanol–water partition coefficient (Wildman–Crippen LogP) is 2.13. The number of thiophene rings is 1. The van der Waals surface area contributed by atoms with Gasteiger partial charge in [-0.15, -0.1) is 11.3 Å². The predicted molar refractivity (Wildman–Crippen MR) is 65.1 cm³/mol. The van der Waals surface area contributed by atoms with Gasteiger partial charge in [0.15, 0.2) is 0 Å². The number of anilines is 1. The van der Waals surface area contributed by atoms with E-state index >= 15 is 0 Å². The maximum atomic E-state index is 10.8. The molecule has 2 N–H and O–H groups in total. The van der Waals surface area contributed by atoms with Gasteiger partial charge in [0.2, 0.25) is 0 Å². The van der Waals surface area contributed by atoms with E-state index in [4.69, 9.17) is 11.6 Å². The van der Waals surface area contributed by atoms with E-state index in [2.05, 4.69) is 10.1 Å². The molecule has 0 amide bonds. The Balaban J connectivity index is 2.19. The molecule has 0 aliphatic carbocycles. The van der Waals surface area contributed by atoms with Crippen LogP contribution in [0.2, 0.25) is 4.34 Å². The minimum absolute atomic E-state index is 0.227. The van der Waals surface area contributed by atoms with E-state index in [9.17, 15) is 9.90 Å². The standard InChI is InChI=1S/C10H14ClNO3S/c1-15-10(14)5-2-7(13)6-12-9-4-3-8(11)16-9/h3-4,7,12-13H,2,5-6H2,1H3. The molecule has 6 heteroatoms. The average Bonchev–Trinajstić information content (AvgIpc) is 2.69. The quantitative estimate of drug-likeness (QED) is 0.772. The molecule has 1 rings (SSSR count). The smallest absolute Gasteiger partial charge is 0.305 e. The van der Waals surface area contributed by atoms with Gasteiger partial charge in [-0.25, -0.2) is 0 Å². The molecule has 0 saturated carbocycles. The number of aliphatic hydroxyl groups is 1. The molecule has 1 aromatic rings. The Morgan fingerprint density at radius 1 is 1.69 bits per heavy atom. The lowest BCUT2D eigenvalue weighted by Gasteiger charge is -2.10. The third kappa shape index (κ3) is 4.83. The minimum atomic E-state index is -0.569. The van der Waals surface area contributed by atoms with Crippen molar-refractivity contribution in [3.63, 3.8) is 0 Å². The van der Waals surface area contributed by atoms with Crippen molar-refractivity contribution in [1.29, 1.82) is 0 Å². The van der Waals surface area contributed by atoms with Crippen molar-refractivity contribution in [3.8, 4) is 0 Å². The molecule has 1 heterocycles. The number of rotatable bonds is 6. The highest BCUT2D eigenvalue weighted by Gasteiger charge is 2.08. The number of carbonyl (C=O) groups excluding carboxylic acids is 1. The molecule has 0 saturated heterocycles. The van der Waals surface area contributed by atoms with Crippen LogP contribution in [0.5, 0.6) is 0 Å². The van der Waals surface area contributed by atoms with Crippen molar-refractivity contribution in [2.45, 2.75) is 18.9 Å². The van der Waals surface area contributed by atoms with Crippen LogP contribution in [0.25, 0.3) is 0 Å². The van der Waals surface area contributed by atoms with Crippen molar-refractivity contribution in [1.82, 2.24) is 0 Å². The van der Waals surface area contributed by atoms with Gasteiger partial charge in [0.05, 0.1) is 22.6 Å². The first kappa shape index (κ1) is 13.3. The van der Waals surface area contributed by atoms with E-state index in [1.807, 2.05) is 6.07 Å². The monoisotopic (exact) mass is 263 g/mol. The summed E-state index contributed by atoms with van der Waals surface area (Å²) in [6.45, 7) is 0.397. The van der Waals surface area contributed by atoms with Crippen molar-refractivity contribution in [2.24, 2.45) is 0 Å². The molecule has 0 bridgehead atoms. The molecule has 0 fully saturated rings. The fourth-order valence-corrected chi connectivity index (χ4v) is 2.07. The summed E-state index contributed by atoms with van der Waals surface area (Å²) in [6.07, 6.45) is 0.0449. The Labute approximate surface area is 103 Å². The zero-order valence-corrected chi connectivity index (χ0v) is 10.5.